The van der Waals surface area contributed by atoms with Gasteiger partial charge in [-0.15, -0.1) is 0 Å². The SMILES string of the molecule is Cc1ccc(OC[C@@H](C)NC(=O)/C=C/c2ccc(Cl)cc2)cc1. The molecule has 0 aliphatic carbocycles. The van der Waals surface area contributed by atoms with Crippen molar-refractivity contribution >= 4 is 23.6 Å². The predicted molar refractivity (Wildman–Crippen MR) is 94.8 cm³/mol. The van der Waals surface area contributed by atoms with Crippen molar-refractivity contribution in [1.82, 2.24) is 5.32 Å². The van der Waals surface area contributed by atoms with Gasteiger partial charge in [0.2, 0.25) is 5.91 Å². The Morgan fingerprint density at radius 3 is 2.48 bits per heavy atom. The maximum atomic E-state index is 11.9. The van der Waals surface area contributed by atoms with E-state index in [1.807, 2.05) is 50.2 Å². The maximum absolute atomic E-state index is 11.9. The van der Waals surface area contributed by atoms with Crippen LogP contribution in [0.15, 0.2) is 54.6 Å². The highest BCUT2D eigenvalue weighted by Gasteiger charge is 2.05. The second-order valence-electron chi connectivity index (χ2n) is 5.42. The van der Waals surface area contributed by atoms with Gasteiger partial charge in [0.15, 0.2) is 0 Å². The van der Waals surface area contributed by atoms with Crippen molar-refractivity contribution in [3.05, 3.63) is 70.8 Å². The molecule has 0 saturated carbocycles. The number of benzene rings is 2. The van der Waals surface area contributed by atoms with Gasteiger partial charge in [-0.05, 0) is 49.8 Å². The third kappa shape index (κ3) is 6.17. The number of aryl methyl sites for hydroxylation is 1. The first-order chi connectivity index (χ1) is 11.0. The van der Waals surface area contributed by atoms with E-state index in [2.05, 4.69) is 5.32 Å². The second-order valence-corrected chi connectivity index (χ2v) is 5.86. The largest absolute Gasteiger partial charge is 0.491 e. The Labute approximate surface area is 141 Å². The average molecular weight is 330 g/mol. The molecule has 3 nitrogen and oxygen atoms in total. The third-order valence-corrected chi connectivity index (χ3v) is 3.46. The number of carbonyl (C=O) groups is 1. The second kappa shape index (κ2) is 8.39. The van der Waals surface area contributed by atoms with Crippen LogP contribution in [0, 0.1) is 6.92 Å². The highest BCUT2D eigenvalue weighted by atomic mass is 35.5. The van der Waals surface area contributed by atoms with E-state index in [9.17, 15) is 4.79 Å². The van der Waals surface area contributed by atoms with Crippen LogP contribution in [0.4, 0.5) is 0 Å². The minimum Gasteiger partial charge on any atom is -0.491 e. The summed E-state index contributed by atoms with van der Waals surface area (Å²) in [6.07, 6.45) is 3.25. The Kier molecular flexibility index (Phi) is 6.24. The van der Waals surface area contributed by atoms with Gasteiger partial charge < -0.3 is 10.1 Å². The fourth-order valence-corrected chi connectivity index (χ4v) is 2.06. The number of amides is 1. The predicted octanol–water partition coefficient (Wildman–Crippen LogP) is 4.25. The van der Waals surface area contributed by atoms with E-state index in [1.165, 1.54) is 11.6 Å². The van der Waals surface area contributed by atoms with Crippen LogP contribution in [-0.4, -0.2) is 18.6 Å². The van der Waals surface area contributed by atoms with Crippen molar-refractivity contribution < 1.29 is 9.53 Å². The summed E-state index contributed by atoms with van der Waals surface area (Å²) in [7, 11) is 0. The monoisotopic (exact) mass is 329 g/mol. The Bertz CT molecular complexity index is 663. The number of rotatable bonds is 6. The van der Waals surface area contributed by atoms with E-state index >= 15 is 0 Å². The van der Waals surface area contributed by atoms with Gasteiger partial charge in [0.05, 0.1) is 6.04 Å². The van der Waals surface area contributed by atoms with Gasteiger partial charge in [0.1, 0.15) is 12.4 Å². The minimum atomic E-state index is -0.153. The molecule has 23 heavy (non-hydrogen) atoms. The van der Waals surface area contributed by atoms with E-state index in [-0.39, 0.29) is 11.9 Å². The van der Waals surface area contributed by atoms with Gasteiger partial charge in [-0.3, -0.25) is 4.79 Å². The van der Waals surface area contributed by atoms with Crippen LogP contribution >= 0.6 is 11.6 Å². The fourth-order valence-electron chi connectivity index (χ4n) is 1.93. The fraction of sp³-hybridized carbons (Fsp3) is 0.211. The number of hydrogen-bond donors (Lipinski definition) is 1. The number of ether oxygens (including phenoxy) is 1. The van der Waals surface area contributed by atoms with Gasteiger partial charge >= 0.3 is 0 Å². The third-order valence-electron chi connectivity index (χ3n) is 3.21. The molecule has 0 fully saturated rings. The highest BCUT2D eigenvalue weighted by Crippen LogP contribution is 2.12. The maximum Gasteiger partial charge on any atom is 0.244 e. The van der Waals surface area contributed by atoms with E-state index in [1.54, 1.807) is 18.2 Å². The summed E-state index contributed by atoms with van der Waals surface area (Å²) in [4.78, 5) is 11.9. The summed E-state index contributed by atoms with van der Waals surface area (Å²) < 4.78 is 5.65. The zero-order valence-electron chi connectivity index (χ0n) is 13.3. The Hall–Kier alpha value is -2.26. The van der Waals surface area contributed by atoms with E-state index in [0.29, 0.717) is 11.6 Å². The molecular formula is C19H20ClNO2. The van der Waals surface area contributed by atoms with Gasteiger partial charge in [-0.2, -0.15) is 0 Å². The van der Waals surface area contributed by atoms with Crippen molar-refractivity contribution in [1.29, 1.82) is 0 Å². The molecular weight excluding hydrogens is 310 g/mol. The molecule has 2 rings (SSSR count). The van der Waals surface area contributed by atoms with Crippen LogP contribution in [0.25, 0.3) is 6.08 Å². The van der Waals surface area contributed by atoms with Crippen LogP contribution in [0.3, 0.4) is 0 Å². The zero-order valence-corrected chi connectivity index (χ0v) is 14.0. The summed E-state index contributed by atoms with van der Waals surface area (Å²) in [5, 5.41) is 3.54. The smallest absolute Gasteiger partial charge is 0.244 e. The number of carbonyl (C=O) groups excluding carboxylic acids is 1. The lowest BCUT2D eigenvalue weighted by Gasteiger charge is -2.14. The molecule has 1 N–H and O–H groups in total. The molecule has 120 valence electrons. The Morgan fingerprint density at radius 1 is 1.17 bits per heavy atom. The van der Waals surface area contributed by atoms with E-state index < -0.39 is 0 Å². The molecule has 0 bridgehead atoms. The first-order valence-electron chi connectivity index (χ1n) is 7.46. The minimum absolute atomic E-state index is 0.0846. The topological polar surface area (TPSA) is 38.3 Å². The molecule has 2 aromatic rings. The van der Waals surface area contributed by atoms with Gasteiger partial charge in [-0.25, -0.2) is 0 Å². The molecule has 1 atom stereocenters. The molecule has 1 amide bonds. The Morgan fingerprint density at radius 2 is 1.83 bits per heavy atom. The van der Waals surface area contributed by atoms with Crippen LogP contribution in [0.5, 0.6) is 5.75 Å². The molecule has 4 heteroatoms. The molecule has 0 aromatic heterocycles. The van der Waals surface area contributed by atoms with Crippen molar-refractivity contribution in [2.75, 3.05) is 6.61 Å². The van der Waals surface area contributed by atoms with Crippen LogP contribution in [-0.2, 0) is 4.79 Å². The van der Waals surface area contributed by atoms with E-state index in [0.717, 1.165) is 11.3 Å². The first-order valence-corrected chi connectivity index (χ1v) is 7.84. The van der Waals surface area contributed by atoms with Crippen molar-refractivity contribution in [2.45, 2.75) is 19.9 Å². The van der Waals surface area contributed by atoms with Crippen molar-refractivity contribution in [3.8, 4) is 5.75 Å². The quantitative estimate of drug-likeness (QED) is 0.805. The lowest BCUT2D eigenvalue weighted by Crippen LogP contribution is -2.35. The summed E-state index contributed by atoms with van der Waals surface area (Å²) in [6, 6.07) is 15.0. The highest BCUT2D eigenvalue weighted by molar-refractivity contribution is 6.30. The standard InChI is InChI=1S/C19H20ClNO2/c1-14-3-10-18(11-4-14)23-13-15(2)21-19(22)12-7-16-5-8-17(20)9-6-16/h3-12,15H,13H2,1-2H3,(H,21,22)/b12-7+/t15-/m1/s1. The van der Waals surface area contributed by atoms with Gasteiger partial charge in [0, 0.05) is 11.1 Å². The molecule has 0 unspecified atom stereocenters. The molecule has 0 aliphatic rings. The summed E-state index contributed by atoms with van der Waals surface area (Å²) in [5.41, 5.74) is 2.11. The Balaban J connectivity index is 1.77. The summed E-state index contributed by atoms with van der Waals surface area (Å²) in [6.45, 7) is 4.35. The van der Waals surface area contributed by atoms with Crippen LogP contribution in [0.2, 0.25) is 5.02 Å². The average Bonchev–Trinajstić information content (AvgIpc) is 2.54. The van der Waals surface area contributed by atoms with Gasteiger partial charge in [-0.1, -0.05) is 41.4 Å². The molecule has 0 spiro atoms. The lowest BCUT2D eigenvalue weighted by molar-refractivity contribution is -0.117. The molecule has 0 aliphatic heterocycles. The van der Waals surface area contributed by atoms with Crippen molar-refractivity contribution in [3.63, 3.8) is 0 Å². The summed E-state index contributed by atoms with van der Waals surface area (Å²) >= 11 is 5.82. The number of hydrogen-bond acceptors (Lipinski definition) is 2. The number of nitrogens with one attached hydrogen (secondary N) is 1. The molecule has 2 aromatic carbocycles. The molecule has 0 heterocycles. The summed E-state index contributed by atoms with van der Waals surface area (Å²) in [5.74, 6) is 0.647. The normalized spacial score (nSPS) is 12.1. The zero-order chi connectivity index (χ0) is 16.7. The lowest BCUT2D eigenvalue weighted by atomic mass is 10.2. The molecule has 0 radical (unpaired) electrons. The first kappa shape index (κ1) is 17.1. The van der Waals surface area contributed by atoms with E-state index in [4.69, 9.17) is 16.3 Å². The van der Waals surface area contributed by atoms with Crippen LogP contribution < -0.4 is 10.1 Å². The van der Waals surface area contributed by atoms with Crippen LogP contribution in [0.1, 0.15) is 18.1 Å². The molecule has 0 saturated heterocycles. The van der Waals surface area contributed by atoms with Crippen molar-refractivity contribution in [2.24, 2.45) is 0 Å². The number of halogens is 1. The van der Waals surface area contributed by atoms with Gasteiger partial charge in [0.25, 0.3) is 0 Å².